The van der Waals surface area contributed by atoms with Crippen molar-refractivity contribution in [2.75, 3.05) is 20.7 Å². The minimum Gasteiger partial charge on any atom is -0.462 e. The largest absolute Gasteiger partial charge is 0.462 e. The van der Waals surface area contributed by atoms with Gasteiger partial charge in [-0.25, -0.2) is 4.79 Å². The van der Waals surface area contributed by atoms with Gasteiger partial charge >= 0.3 is 5.97 Å². The van der Waals surface area contributed by atoms with Gasteiger partial charge in [0.05, 0.1) is 12.2 Å². The Balaban J connectivity index is 3.34. The molecule has 0 bridgehead atoms. The second kappa shape index (κ2) is 6.58. The maximum Gasteiger partial charge on any atom is 0.340 e. The van der Waals surface area contributed by atoms with Crippen LogP contribution in [0.4, 0.5) is 0 Å². The van der Waals surface area contributed by atoms with Crippen molar-refractivity contribution in [1.29, 1.82) is 5.41 Å². The molecule has 0 unspecified atom stereocenters. The van der Waals surface area contributed by atoms with Crippen molar-refractivity contribution in [3.63, 3.8) is 0 Å². The quantitative estimate of drug-likeness (QED) is 0.364. The average Bonchev–Trinajstić information content (AvgIpc) is 2.36. The summed E-state index contributed by atoms with van der Waals surface area (Å²) in [6.45, 7) is 2.05. The lowest BCUT2D eigenvalue weighted by atomic mass is 9.99. The lowest BCUT2D eigenvalue weighted by Crippen LogP contribution is -2.17. The van der Waals surface area contributed by atoms with Gasteiger partial charge < -0.3 is 15.4 Å². The first-order valence-electron chi connectivity index (χ1n) is 5.96. The van der Waals surface area contributed by atoms with Crippen LogP contribution in [0.3, 0.4) is 0 Å². The minimum atomic E-state index is -0.426. The lowest BCUT2D eigenvalue weighted by molar-refractivity contribution is -0.136. The molecule has 0 fully saturated rings. The van der Waals surface area contributed by atoms with Crippen LogP contribution >= 0.6 is 0 Å². The summed E-state index contributed by atoms with van der Waals surface area (Å²) < 4.78 is 5.05. The highest BCUT2D eigenvalue weighted by atomic mass is 16.5. The summed E-state index contributed by atoms with van der Waals surface area (Å²) in [5, 5.41) is 7.58. The maximum atomic E-state index is 12.0. The Morgan fingerprint density at radius 3 is 2.42 bits per heavy atom. The molecule has 1 rings (SSSR count). The van der Waals surface area contributed by atoms with E-state index in [1.165, 1.54) is 0 Å². The Morgan fingerprint density at radius 2 is 1.95 bits per heavy atom. The second-order valence-electron chi connectivity index (χ2n) is 4.19. The predicted molar refractivity (Wildman–Crippen MR) is 75.8 cm³/mol. The summed E-state index contributed by atoms with van der Waals surface area (Å²) >= 11 is 0. The number of hydrogen-bond donors (Lipinski definition) is 2. The van der Waals surface area contributed by atoms with Gasteiger partial charge in [0.25, 0.3) is 0 Å². The molecule has 5 nitrogen and oxygen atoms in total. The summed E-state index contributed by atoms with van der Waals surface area (Å²) in [5.41, 5.74) is 7.05. The van der Waals surface area contributed by atoms with Gasteiger partial charge in [-0.2, -0.15) is 0 Å². The Labute approximate surface area is 113 Å². The van der Waals surface area contributed by atoms with Gasteiger partial charge in [0, 0.05) is 31.4 Å². The van der Waals surface area contributed by atoms with Crippen LogP contribution in [-0.4, -0.2) is 37.4 Å². The number of nitrogens with two attached hydrogens (primary N) is 1. The highest BCUT2D eigenvalue weighted by Crippen LogP contribution is 2.21. The molecule has 0 aliphatic rings. The fourth-order valence-electron chi connectivity index (χ4n) is 1.65. The van der Waals surface area contributed by atoms with Crippen LogP contribution in [0.15, 0.2) is 30.5 Å². The SMILES string of the molecule is CCOC(=O)/C(=C\N(C)C)c1ccccc1C(=N)N. The molecular formula is C14H19N3O2. The van der Waals surface area contributed by atoms with Crippen molar-refractivity contribution in [2.24, 2.45) is 5.73 Å². The predicted octanol–water partition coefficient (Wildman–Crippen LogP) is 1.44. The number of nitrogens with zero attached hydrogens (tertiary/aromatic N) is 1. The van der Waals surface area contributed by atoms with Crippen molar-refractivity contribution in [2.45, 2.75) is 6.92 Å². The van der Waals surface area contributed by atoms with Crippen molar-refractivity contribution >= 4 is 17.4 Å². The molecule has 0 aromatic heterocycles. The summed E-state index contributed by atoms with van der Waals surface area (Å²) in [6, 6.07) is 7.03. The standard InChI is InChI=1S/C14H19N3O2/c1-4-19-14(18)12(9-17(2)3)10-7-5-6-8-11(10)13(15)16/h5-9H,4H2,1-3H3,(H3,15,16)/b12-9-. The smallest absolute Gasteiger partial charge is 0.340 e. The Morgan fingerprint density at radius 1 is 1.37 bits per heavy atom. The molecule has 5 heteroatoms. The molecule has 0 aliphatic heterocycles. The van der Waals surface area contributed by atoms with E-state index in [4.69, 9.17) is 15.9 Å². The third-order valence-electron chi connectivity index (χ3n) is 2.39. The molecule has 102 valence electrons. The van der Waals surface area contributed by atoms with Crippen LogP contribution in [0, 0.1) is 5.41 Å². The highest BCUT2D eigenvalue weighted by Gasteiger charge is 2.17. The van der Waals surface area contributed by atoms with Crippen LogP contribution in [0.2, 0.25) is 0 Å². The van der Waals surface area contributed by atoms with Crippen molar-refractivity contribution in [1.82, 2.24) is 4.90 Å². The van der Waals surface area contributed by atoms with E-state index in [0.29, 0.717) is 23.3 Å². The van der Waals surface area contributed by atoms with E-state index in [0.717, 1.165) is 0 Å². The average molecular weight is 261 g/mol. The fraction of sp³-hybridized carbons (Fsp3) is 0.286. The molecule has 0 saturated heterocycles. The van der Waals surface area contributed by atoms with Crippen molar-refractivity contribution in [3.05, 3.63) is 41.6 Å². The molecule has 1 aromatic rings. The molecule has 0 radical (unpaired) electrons. The monoisotopic (exact) mass is 261 g/mol. The van der Waals surface area contributed by atoms with E-state index >= 15 is 0 Å². The zero-order valence-electron chi connectivity index (χ0n) is 11.4. The molecule has 19 heavy (non-hydrogen) atoms. The molecule has 3 N–H and O–H groups in total. The van der Waals surface area contributed by atoms with Gasteiger partial charge in [0.15, 0.2) is 0 Å². The number of rotatable bonds is 5. The zero-order valence-corrected chi connectivity index (χ0v) is 11.4. The van der Waals surface area contributed by atoms with E-state index in [1.54, 1.807) is 42.3 Å². The normalized spacial score (nSPS) is 11.0. The number of carbonyl (C=O) groups excluding carboxylic acids is 1. The van der Waals surface area contributed by atoms with Gasteiger partial charge in [-0.1, -0.05) is 24.3 Å². The maximum absolute atomic E-state index is 12.0. The Bertz CT molecular complexity index is 507. The van der Waals surface area contributed by atoms with Gasteiger partial charge in [-0.3, -0.25) is 5.41 Å². The number of esters is 1. The molecule has 0 aliphatic carbocycles. The molecule has 0 saturated carbocycles. The van der Waals surface area contributed by atoms with Crippen LogP contribution in [0.5, 0.6) is 0 Å². The van der Waals surface area contributed by atoms with E-state index in [-0.39, 0.29) is 5.84 Å². The van der Waals surface area contributed by atoms with Crippen LogP contribution in [-0.2, 0) is 9.53 Å². The molecule has 0 atom stereocenters. The molecule has 0 spiro atoms. The minimum absolute atomic E-state index is 0.0791. The molecule has 0 heterocycles. The van der Waals surface area contributed by atoms with Gasteiger partial charge in [-0.15, -0.1) is 0 Å². The first-order valence-corrected chi connectivity index (χ1v) is 5.96. The van der Waals surface area contributed by atoms with Gasteiger partial charge in [0.1, 0.15) is 5.84 Å². The van der Waals surface area contributed by atoms with Crippen LogP contribution in [0.25, 0.3) is 5.57 Å². The third-order valence-corrected chi connectivity index (χ3v) is 2.39. The molecule has 1 aromatic carbocycles. The number of benzene rings is 1. The van der Waals surface area contributed by atoms with E-state index in [1.807, 2.05) is 14.1 Å². The highest BCUT2D eigenvalue weighted by molar-refractivity contribution is 6.19. The summed E-state index contributed by atoms with van der Waals surface area (Å²) in [4.78, 5) is 13.8. The van der Waals surface area contributed by atoms with Crippen LogP contribution in [0.1, 0.15) is 18.1 Å². The number of nitrogen functional groups attached to an aromatic ring is 1. The summed E-state index contributed by atoms with van der Waals surface area (Å²) in [5.74, 6) is -0.505. The number of carbonyl (C=O) groups is 1. The zero-order chi connectivity index (χ0) is 14.4. The summed E-state index contributed by atoms with van der Waals surface area (Å²) in [7, 11) is 3.63. The van der Waals surface area contributed by atoms with Gasteiger partial charge in [0.2, 0.25) is 0 Å². The van der Waals surface area contributed by atoms with Crippen molar-refractivity contribution in [3.8, 4) is 0 Å². The molecular weight excluding hydrogens is 242 g/mol. The fourth-order valence-corrected chi connectivity index (χ4v) is 1.65. The van der Waals surface area contributed by atoms with Crippen LogP contribution < -0.4 is 5.73 Å². The number of amidine groups is 1. The number of nitrogens with one attached hydrogen (secondary N) is 1. The summed E-state index contributed by atoms with van der Waals surface area (Å²) in [6.07, 6.45) is 1.67. The third kappa shape index (κ3) is 3.84. The first kappa shape index (κ1) is 14.8. The van der Waals surface area contributed by atoms with Crippen molar-refractivity contribution < 1.29 is 9.53 Å². The Hall–Kier alpha value is -2.30. The lowest BCUT2D eigenvalue weighted by Gasteiger charge is -2.14. The van der Waals surface area contributed by atoms with E-state index in [2.05, 4.69) is 0 Å². The molecule has 0 amide bonds. The van der Waals surface area contributed by atoms with Gasteiger partial charge in [-0.05, 0) is 6.92 Å². The topological polar surface area (TPSA) is 79.4 Å². The Kier molecular flexibility index (Phi) is 5.11. The van der Waals surface area contributed by atoms with E-state index < -0.39 is 5.97 Å². The van der Waals surface area contributed by atoms with E-state index in [9.17, 15) is 4.79 Å². The number of hydrogen-bond acceptors (Lipinski definition) is 4. The second-order valence-corrected chi connectivity index (χ2v) is 4.19. The number of ether oxygens (including phenoxy) is 1. The first-order chi connectivity index (χ1) is 8.97.